The average Bonchev–Trinajstić information content (AvgIpc) is 2.50. The van der Waals surface area contributed by atoms with Crippen molar-refractivity contribution in [2.45, 2.75) is 6.61 Å². The van der Waals surface area contributed by atoms with Crippen molar-refractivity contribution in [3.8, 4) is 0 Å². The molecule has 0 radical (unpaired) electrons. The van der Waals surface area contributed by atoms with Crippen molar-refractivity contribution in [1.82, 2.24) is 0 Å². The quantitative estimate of drug-likeness (QED) is 0.616. The maximum atomic E-state index is 13.4. The summed E-state index contributed by atoms with van der Waals surface area (Å²) >= 11 is 0. The smallest absolute Gasteiger partial charge is 0.338 e. The number of carbonyl (C=O) groups excluding carboxylic acids is 1. The fraction of sp³-hybridized carbons (Fsp3) is 0.100. The molecule has 1 aromatic carbocycles. The van der Waals surface area contributed by atoms with E-state index in [4.69, 9.17) is 4.74 Å². The lowest BCUT2D eigenvalue weighted by Crippen LogP contribution is -1.95. The average molecular weight is 178 g/mol. The molecule has 0 aromatic heterocycles. The predicted octanol–water partition coefficient (Wildman–Crippen LogP) is 2.14. The highest BCUT2D eigenvalue weighted by Gasteiger charge is 2.25. The Bertz CT molecular complexity index is 396. The Kier molecular flexibility index (Phi) is 1.65. The highest BCUT2D eigenvalue weighted by molar-refractivity contribution is 5.93. The molecule has 1 heterocycles. The number of hydrogen-bond acceptors (Lipinski definition) is 2. The van der Waals surface area contributed by atoms with E-state index in [1.807, 2.05) is 0 Å². The van der Waals surface area contributed by atoms with Crippen LogP contribution in [-0.4, -0.2) is 5.97 Å². The van der Waals surface area contributed by atoms with Gasteiger partial charge in [-0.2, -0.15) is 0 Å². The lowest BCUT2D eigenvalue weighted by atomic mass is 10.1. The fourth-order valence-corrected chi connectivity index (χ4v) is 1.34. The van der Waals surface area contributed by atoms with Gasteiger partial charge >= 0.3 is 5.97 Å². The molecule has 0 atom stereocenters. The Hall–Kier alpha value is -1.64. The lowest BCUT2D eigenvalue weighted by Gasteiger charge is -1.99. The molecule has 0 amide bonds. The minimum atomic E-state index is -0.454. The van der Waals surface area contributed by atoms with Crippen LogP contribution >= 0.6 is 0 Å². The Balaban J connectivity index is 2.66. The van der Waals surface area contributed by atoms with E-state index >= 15 is 0 Å². The van der Waals surface area contributed by atoms with Gasteiger partial charge in [0.1, 0.15) is 12.4 Å². The molecular weight excluding hydrogens is 171 g/mol. The second-order valence-corrected chi connectivity index (χ2v) is 2.78. The third kappa shape index (κ3) is 1.04. The zero-order chi connectivity index (χ0) is 9.42. The van der Waals surface area contributed by atoms with Crippen LogP contribution < -0.4 is 0 Å². The highest BCUT2D eigenvalue weighted by Crippen LogP contribution is 2.25. The number of carbonyl (C=O) groups is 1. The van der Waals surface area contributed by atoms with Crippen LogP contribution in [0.15, 0.2) is 18.7 Å². The minimum Gasteiger partial charge on any atom is -0.457 e. The van der Waals surface area contributed by atoms with E-state index in [2.05, 4.69) is 6.58 Å². The van der Waals surface area contributed by atoms with Crippen molar-refractivity contribution in [1.29, 1.82) is 0 Å². The van der Waals surface area contributed by atoms with Gasteiger partial charge in [-0.1, -0.05) is 18.7 Å². The van der Waals surface area contributed by atoms with Gasteiger partial charge in [0.2, 0.25) is 0 Å². The van der Waals surface area contributed by atoms with Gasteiger partial charge in [0.15, 0.2) is 0 Å². The summed E-state index contributed by atoms with van der Waals surface area (Å²) in [5, 5.41) is 0. The van der Waals surface area contributed by atoms with Crippen LogP contribution in [-0.2, 0) is 11.3 Å². The van der Waals surface area contributed by atoms with E-state index in [-0.39, 0.29) is 6.61 Å². The number of esters is 1. The largest absolute Gasteiger partial charge is 0.457 e. The van der Waals surface area contributed by atoms with Crippen molar-refractivity contribution in [3.05, 3.63) is 41.2 Å². The van der Waals surface area contributed by atoms with Gasteiger partial charge in [-0.25, -0.2) is 9.18 Å². The molecule has 3 heteroatoms. The summed E-state index contributed by atoms with van der Waals surface area (Å²) in [6, 6.07) is 3.08. The molecule has 1 aromatic rings. The molecule has 0 unspecified atom stereocenters. The van der Waals surface area contributed by atoms with Crippen LogP contribution in [0, 0.1) is 5.82 Å². The van der Waals surface area contributed by atoms with Crippen LogP contribution in [0.2, 0.25) is 0 Å². The second-order valence-electron chi connectivity index (χ2n) is 2.78. The molecule has 0 bridgehead atoms. The van der Waals surface area contributed by atoms with Crippen LogP contribution in [0.1, 0.15) is 21.5 Å². The number of rotatable bonds is 1. The van der Waals surface area contributed by atoms with E-state index in [1.165, 1.54) is 12.1 Å². The van der Waals surface area contributed by atoms with Crippen molar-refractivity contribution < 1.29 is 13.9 Å². The Labute approximate surface area is 74.6 Å². The first-order valence-corrected chi connectivity index (χ1v) is 3.85. The van der Waals surface area contributed by atoms with Gasteiger partial charge in [0.25, 0.3) is 0 Å². The van der Waals surface area contributed by atoms with Crippen molar-refractivity contribution in [2.75, 3.05) is 0 Å². The minimum absolute atomic E-state index is 0.0294. The summed E-state index contributed by atoms with van der Waals surface area (Å²) in [5.74, 6) is -0.858. The van der Waals surface area contributed by atoms with E-state index in [0.29, 0.717) is 16.7 Å². The Morgan fingerprint density at radius 2 is 2.31 bits per heavy atom. The van der Waals surface area contributed by atoms with Crippen molar-refractivity contribution in [2.24, 2.45) is 0 Å². The Morgan fingerprint density at radius 1 is 1.54 bits per heavy atom. The predicted molar refractivity (Wildman–Crippen MR) is 45.6 cm³/mol. The SMILES string of the molecule is C=Cc1ccc2c(c1F)COC2=O. The van der Waals surface area contributed by atoms with Crippen LogP contribution in [0.3, 0.4) is 0 Å². The number of cyclic esters (lactones) is 1. The molecule has 2 nitrogen and oxygen atoms in total. The van der Waals surface area contributed by atoms with Crippen molar-refractivity contribution >= 4 is 12.0 Å². The highest BCUT2D eigenvalue weighted by atomic mass is 19.1. The normalized spacial score (nSPS) is 13.8. The molecule has 0 aliphatic carbocycles. The standard InChI is InChI=1S/C10H7FO2/c1-2-6-3-4-7-8(9(6)11)5-13-10(7)12/h2-4H,1,5H2. The van der Waals surface area contributed by atoms with Gasteiger partial charge in [-0.05, 0) is 6.07 Å². The molecule has 0 fully saturated rings. The molecule has 0 saturated heterocycles. The molecule has 2 rings (SSSR count). The summed E-state index contributed by atoms with van der Waals surface area (Å²) in [7, 11) is 0. The number of hydrogen-bond donors (Lipinski definition) is 0. The maximum Gasteiger partial charge on any atom is 0.338 e. The number of benzene rings is 1. The van der Waals surface area contributed by atoms with Gasteiger partial charge < -0.3 is 4.74 Å². The number of ether oxygens (including phenoxy) is 1. The lowest BCUT2D eigenvalue weighted by molar-refractivity contribution is 0.0534. The second kappa shape index (κ2) is 2.69. The molecule has 0 saturated carbocycles. The van der Waals surface area contributed by atoms with E-state index in [1.54, 1.807) is 6.07 Å². The number of halogens is 1. The monoisotopic (exact) mass is 178 g/mol. The molecule has 1 aliphatic rings. The Morgan fingerprint density at radius 3 is 3.00 bits per heavy atom. The summed E-state index contributed by atoms with van der Waals surface area (Å²) in [5.41, 5.74) is 1.06. The zero-order valence-electron chi connectivity index (χ0n) is 6.84. The third-order valence-corrected chi connectivity index (χ3v) is 2.06. The van der Waals surface area contributed by atoms with E-state index in [9.17, 15) is 9.18 Å². The first kappa shape index (κ1) is 7.98. The number of fused-ring (bicyclic) bond motifs is 1. The maximum absolute atomic E-state index is 13.4. The molecule has 0 N–H and O–H groups in total. The molecule has 13 heavy (non-hydrogen) atoms. The summed E-state index contributed by atoms with van der Waals surface area (Å²) < 4.78 is 18.1. The summed E-state index contributed by atoms with van der Waals surface area (Å²) in [6.45, 7) is 3.50. The van der Waals surface area contributed by atoms with Gasteiger partial charge in [-0.3, -0.25) is 0 Å². The van der Waals surface area contributed by atoms with Gasteiger partial charge in [0, 0.05) is 11.1 Å². The summed E-state index contributed by atoms with van der Waals surface area (Å²) in [6.07, 6.45) is 1.42. The zero-order valence-corrected chi connectivity index (χ0v) is 6.84. The van der Waals surface area contributed by atoms with Crippen LogP contribution in [0.5, 0.6) is 0 Å². The first-order chi connectivity index (χ1) is 6.24. The molecular formula is C10H7FO2. The molecule has 1 aliphatic heterocycles. The van der Waals surface area contributed by atoms with Crippen molar-refractivity contribution in [3.63, 3.8) is 0 Å². The first-order valence-electron chi connectivity index (χ1n) is 3.85. The summed E-state index contributed by atoms with van der Waals surface area (Å²) in [4.78, 5) is 11.0. The van der Waals surface area contributed by atoms with Gasteiger partial charge in [-0.15, -0.1) is 0 Å². The van der Waals surface area contributed by atoms with Crippen LogP contribution in [0.25, 0.3) is 6.08 Å². The topological polar surface area (TPSA) is 26.3 Å². The van der Waals surface area contributed by atoms with E-state index in [0.717, 1.165) is 0 Å². The van der Waals surface area contributed by atoms with Crippen LogP contribution in [0.4, 0.5) is 4.39 Å². The molecule has 0 spiro atoms. The molecule has 66 valence electrons. The van der Waals surface area contributed by atoms with Gasteiger partial charge in [0.05, 0.1) is 5.56 Å². The fourth-order valence-electron chi connectivity index (χ4n) is 1.34. The van der Waals surface area contributed by atoms with E-state index < -0.39 is 11.8 Å². The third-order valence-electron chi connectivity index (χ3n) is 2.06.